The van der Waals surface area contributed by atoms with Gasteiger partial charge in [-0.05, 0) is 51.4 Å². The van der Waals surface area contributed by atoms with Crippen LogP contribution in [-0.4, -0.2) is 33.6 Å². The van der Waals surface area contributed by atoms with Gasteiger partial charge in [0.25, 0.3) is 0 Å². The Hall–Kier alpha value is -2.08. The number of hydrogen-bond donors (Lipinski definition) is 0. The van der Waals surface area contributed by atoms with Crippen LogP contribution in [-0.2, 0) is 13.1 Å². The highest BCUT2D eigenvalue weighted by molar-refractivity contribution is 5.98. The Morgan fingerprint density at radius 2 is 2.16 bits per heavy atom. The summed E-state index contributed by atoms with van der Waals surface area (Å²) in [5, 5.41) is 4.45. The van der Waals surface area contributed by atoms with Crippen molar-refractivity contribution in [3.05, 3.63) is 52.9 Å². The number of Topliss-reactive ketones (excluding diaryl/α,β-unsaturated/α-hetero) is 1. The van der Waals surface area contributed by atoms with E-state index in [2.05, 4.69) is 10.00 Å². The van der Waals surface area contributed by atoms with E-state index in [0.717, 1.165) is 55.5 Å². The van der Waals surface area contributed by atoms with Gasteiger partial charge in [0.2, 0.25) is 0 Å². The molecule has 0 unspecified atom stereocenters. The van der Waals surface area contributed by atoms with E-state index in [4.69, 9.17) is 0 Å². The molecular formula is C19H23F2N3O. The Bertz CT molecular complexity index is 772. The van der Waals surface area contributed by atoms with Crippen LogP contribution in [0.15, 0.2) is 24.4 Å². The Labute approximate surface area is 146 Å². The van der Waals surface area contributed by atoms with Crippen LogP contribution in [0.2, 0.25) is 0 Å². The number of benzene rings is 1. The summed E-state index contributed by atoms with van der Waals surface area (Å²) < 4.78 is 29.2. The zero-order chi connectivity index (χ0) is 18.0. The molecule has 1 saturated heterocycles. The summed E-state index contributed by atoms with van der Waals surface area (Å²) in [6.45, 7) is 7.02. The van der Waals surface area contributed by atoms with E-state index in [1.165, 1.54) is 0 Å². The van der Waals surface area contributed by atoms with Gasteiger partial charge < -0.3 is 0 Å². The van der Waals surface area contributed by atoms with Crippen LogP contribution >= 0.6 is 0 Å². The summed E-state index contributed by atoms with van der Waals surface area (Å²) in [6.07, 6.45) is 3.61. The molecule has 1 fully saturated rings. The molecule has 0 N–H and O–H groups in total. The van der Waals surface area contributed by atoms with Crippen molar-refractivity contribution in [2.45, 2.75) is 39.8 Å². The van der Waals surface area contributed by atoms with Crippen LogP contribution in [0, 0.1) is 24.5 Å². The van der Waals surface area contributed by atoms with Gasteiger partial charge in [-0.25, -0.2) is 8.78 Å². The monoisotopic (exact) mass is 347 g/mol. The van der Waals surface area contributed by atoms with E-state index in [0.29, 0.717) is 13.0 Å². The quantitative estimate of drug-likeness (QED) is 0.776. The van der Waals surface area contributed by atoms with Gasteiger partial charge in [0.05, 0.1) is 11.3 Å². The average Bonchev–Trinajstić information content (AvgIpc) is 2.96. The van der Waals surface area contributed by atoms with Crippen LogP contribution in [0.1, 0.15) is 41.4 Å². The first kappa shape index (κ1) is 17.7. The van der Waals surface area contributed by atoms with E-state index >= 15 is 0 Å². The maximum absolute atomic E-state index is 13.9. The second-order valence-corrected chi connectivity index (χ2v) is 6.66. The number of aromatic nitrogens is 2. The first-order valence-corrected chi connectivity index (χ1v) is 8.72. The third-order valence-corrected chi connectivity index (χ3v) is 4.84. The molecule has 25 heavy (non-hydrogen) atoms. The van der Waals surface area contributed by atoms with Crippen molar-refractivity contribution in [3.63, 3.8) is 0 Å². The summed E-state index contributed by atoms with van der Waals surface area (Å²) in [4.78, 5) is 14.8. The number of carbonyl (C=O) groups is 1. The standard InChI is InChI=1S/C19H23F2N3O/c1-3-24-12-15(13(2)22-24)11-23-8-4-5-14(10-23)19(25)17-9-16(20)6-7-18(17)21/h6-7,9,12,14H,3-5,8,10-11H2,1-2H3/t14-/m1/s1. The molecule has 0 radical (unpaired) electrons. The molecule has 0 saturated carbocycles. The van der Waals surface area contributed by atoms with Crippen LogP contribution in [0.25, 0.3) is 0 Å². The third kappa shape index (κ3) is 3.95. The fraction of sp³-hybridized carbons (Fsp3) is 0.474. The lowest BCUT2D eigenvalue weighted by molar-refractivity contribution is 0.0806. The second-order valence-electron chi connectivity index (χ2n) is 6.66. The summed E-state index contributed by atoms with van der Waals surface area (Å²) in [6, 6.07) is 3.06. The highest BCUT2D eigenvalue weighted by atomic mass is 19.1. The molecule has 0 aliphatic carbocycles. The lowest BCUT2D eigenvalue weighted by atomic mass is 9.89. The minimum absolute atomic E-state index is 0.137. The van der Waals surface area contributed by atoms with E-state index in [-0.39, 0.29) is 17.3 Å². The van der Waals surface area contributed by atoms with Crippen molar-refractivity contribution in [3.8, 4) is 0 Å². The molecule has 1 aliphatic rings. The van der Waals surface area contributed by atoms with Gasteiger partial charge >= 0.3 is 0 Å². The Morgan fingerprint density at radius 1 is 1.36 bits per heavy atom. The first-order chi connectivity index (χ1) is 12.0. The number of carbonyl (C=O) groups excluding carboxylic acids is 1. The van der Waals surface area contributed by atoms with E-state index < -0.39 is 11.6 Å². The molecule has 2 heterocycles. The smallest absolute Gasteiger partial charge is 0.170 e. The van der Waals surface area contributed by atoms with Crippen LogP contribution in [0.5, 0.6) is 0 Å². The van der Waals surface area contributed by atoms with Crippen molar-refractivity contribution in [1.82, 2.24) is 14.7 Å². The summed E-state index contributed by atoms with van der Waals surface area (Å²) >= 11 is 0. The summed E-state index contributed by atoms with van der Waals surface area (Å²) in [7, 11) is 0. The van der Waals surface area contributed by atoms with Crippen LogP contribution < -0.4 is 0 Å². The van der Waals surface area contributed by atoms with Gasteiger partial charge in [-0.2, -0.15) is 5.10 Å². The number of hydrogen-bond acceptors (Lipinski definition) is 3. The number of likely N-dealkylation sites (tertiary alicyclic amines) is 1. The Kier molecular flexibility index (Phi) is 5.27. The number of rotatable bonds is 5. The fourth-order valence-corrected chi connectivity index (χ4v) is 3.44. The molecule has 6 heteroatoms. The van der Waals surface area contributed by atoms with Crippen LogP contribution in [0.4, 0.5) is 8.78 Å². The summed E-state index contributed by atoms with van der Waals surface area (Å²) in [5.41, 5.74) is 2.00. The normalized spacial score (nSPS) is 18.5. The topological polar surface area (TPSA) is 38.1 Å². The number of aryl methyl sites for hydroxylation is 2. The molecular weight excluding hydrogens is 324 g/mol. The lowest BCUT2D eigenvalue weighted by Crippen LogP contribution is -2.38. The molecule has 1 aromatic carbocycles. The second kappa shape index (κ2) is 7.44. The Balaban J connectivity index is 1.71. The van der Waals surface area contributed by atoms with Gasteiger partial charge in [-0.1, -0.05) is 0 Å². The largest absolute Gasteiger partial charge is 0.298 e. The molecule has 0 bridgehead atoms. The van der Waals surface area contributed by atoms with Gasteiger partial charge in [-0.15, -0.1) is 0 Å². The van der Waals surface area contributed by atoms with Crippen molar-refractivity contribution in [1.29, 1.82) is 0 Å². The van der Waals surface area contributed by atoms with Gasteiger partial charge in [0.1, 0.15) is 11.6 Å². The third-order valence-electron chi connectivity index (χ3n) is 4.84. The molecule has 2 aromatic rings. The van der Waals surface area contributed by atoms with E-state index in [1.807, 2.05) is 24.7 Å². The highest BCUT2D eigenvalue weighted by Crippen LogP contribution is 2.24. The number of nitrogens with zero attached hydrogens (tertiary/aromatic N) is 3. The average molecular weight is 347 g/mol. The molecule has 3 rings (SSSR count). The van der Waals surface area contributed by atoms with Crippen molar-refractivity contribution in [2.75, 3.05) is 13.1 Å². The van der Waals surface area contributed by atoms with Crippen molar-refractivity contribution < 1.29 is 13.6 Å². The molecule has 4 nitrogen and oxygen atoms in total. The SMILES string of the molecule is CCn1cc(CN2CCC[C@@H](C(=O)c3cc(F)ccc3F)C2)c(C)n1. The predicted octanol–water partition coefficient (Wildman–Crippen LogP) is 3.58. The van der Waals surface area contributed by atoms with E-state index in [9.17, 15) is 13.6 Å². The number of halogens is 2. The Morgan fingerprint density at radius 3 is 2.88 bits per heavy atom. The van der Waals surface area contributed by atoms with Crippen molar-refractivity contribution in [2.24, 2.45) is 5.92 Å². The maximum atomic E-state index is 13.9. The maximum Gasteiger partial charge on any atom is 0.170 e. The van der Waals surface area contributed by atoms with E-state index in [1.54, 1.807) is 0 Å². The highest BCUT2D eigenvalue weighted by Gasteiger charge is 2.28. The van der Waals surface area contributed by atoms with Crippen molar-refractivity contribution >= 4 is 5.78 Å². The molecule has 1 aliphatic heterocycles. The first-order valence-electron chi connectivity index (χ1n) is 8.72. The lowest BCUT2D eigenvalue weighted by Gasteiger charge is -2.31. The summed E-state index contributed by atoms with van der Waals surface area (Å²) in [5.74, 6) is -1.84. The molecule has 134 valence electrons. The van der Waals surface area contributed by atoms with Gasteiger partial charge in [-0.3, -0.25) is 14.4 Å². The molecule has 1 atom stereocenters. The zero-order valence-electron chi connectivity index (χ0n) is 14.6. The minimum atomic E-state index is -0.649. The van der Waals surface area contributed by atoms with Crippen LogP contribution in [0.3, 0.4) is 0 Å². The predicted molar refractivity (Wildman–Crippen MR) is 91.3 cm³/mol. The molecule has 0 spiro atoms. The van der Waals surface area contributed by atoms with Gasteiger partial charge in [0.15, 0.2) is 5.78 Å². The molecule has 0 amide bonds. The zero-order valence-corrected chi connectivity index (χ0v) is 14.6. The van der Waals surface area contributed by atoms with Gasteiger partial charge in [0, 0.05) is 37.3 Å². The fourth-order valence-electron chi connectivity index (χ4n) is 3.44. The number of ketones is 1. The number of piperidine rings is 1. The minimum Gasteiger partial charge on any atom is -0.298 e. The molecule has 1 aromatic heterocycles.